The molecule has 0 radical (unpaired) electrons. The SMILES string of the molecule is CCOCC(C)N1CC(C2CC2)NCC1CC. The second-order valence-electron chi connectivity index (χ2n) is 5.62. The fraction of sp³-hybridized carbons (Fsp3) is 1.00. The van der Waals surface area contributed by atoms with Crippen LogP contribution in [0.5, 0.6) is 0 Å². The summed E-state index contributed by atoms with van der Waals surface area (Å²) in [5.74, 6) is 0.953. The Kier molecular flexibility index (Phi) is 4.83. The van der Waals surface area contributed by atoms with Gasteiger partial charge >= 0.3 is 0 Å². The van der Waals surface area contributed by atoms with Gasteiger partial charge in [-0.25, -0.2) is 0 Å². The van der Waals surface area contributed by atoms with Crippen LogP contribution in [0.25, 0.3) is 0 Å². The molecule has 2 aliphatic rings. The Bertz CT molecular complexity index is 230. The molecule has 17 heavy (non-hydrogen) atoms. The van der Waals surface area contributed by atoms with Crippen LogP contribution in [0, 0.1) is 5.92 Å². The first-order valence-electron chi connectivity index (χ1n) is 7.33. The zero-order valence-corrected chi connectivity index (χ0v) is 11.6. The minimum absolute atomic E-state index is 0.559. The van der Waals surface area contributed by atoms with E-state index in [9.17, 15) is 0 Å². The van der Waals surface area contributed by atoms with E-state index in [2.05, 4.69) is 31.0 Å². The molecule has 2 fully saturated rings. The molecule has 1 aliphatic carbocycles. The summed E-state index contributed by atoms with van der Waals surface area (Å²) in [6, 6.07) is 1.99. The van der Waals surface area contributed by atoms with Crippen LogP contribution < -0.4 is 5.32 Å². The predicted molar refractivity (Wildman–Crippen MR) is 71.3 cm³/mol. The van der Waals surface area contributed by atoms with Crippen LogP contribution in [0.2, 0.25) is 0 Å². The number of rotatable bonds is 6. The molecule has 3 atom stereocenters. The zero-order valence-electron chi connectivity index (χ0n) is 11.6. The molecular formula is C14H28N2O. The molecule has 0 aromatic rings. The third-order valence-electron chi connectivity index (χ3n) is 4.28. The van der Waals surface area contributed by atoms with Gasteiger partial charge in [-0.05, 0) is 39.0 Å². The summed E-state index contributed by atoms with van der Waals surface area (Å²) in [5, 5.41) is 3.74. The summed E-state index contributed by atoms with van der Waals surface area (Å²) in [7, 11) is 0. The molecule has 3 heteroatoms. The van der Waals surface area contributed by atoms with E-state index in [1.165, 1.54) is 25.8 Å². The highest BCUT2D eigenvalue weighted by atomic mass is 16.5. The van der Waals surface area contributed by atoms with Crippen molar-refractivity contribution in [3.05, 3.63) is 0 Å². The number of ether oxygens (including phenoxy) is 1. The molecule has 1 heterocycles. The monoisotopic (exact) mass is 240 g/mol. The fourth-order valence-electron chi connectivity index (χ4n) is 2.96. The Labute approximate surface area is 106 Å². The lowest BCUT2D eigenvalue weighted by atomic mass is 10.0. The van der Waals surface area contributed by atoms with Gasteiger partial charge < -0.3 is 10.1 Å². The summed E-state index contributed by atoms with van der Waals surface area (Å²) >= 11 is 0. The van der Waals surface area contributed by atoms with Crippen molar-refractivity contribution >= 4 is 0 Å². The average Bonchev–Trinajstić information content (AvgIpc) is 3.19. The van der Waals surface area contributed by atoms with Crippen molar-refractivity contribution in [2.45, 2.75) is 58.2 Å². The standard InChI is InChI=1S/C14H28N2O/c1-4-13-8-15-14(12-6-7-12)9-16(13)11(3)10-17-5-2/h11-15H,4-10H2,1-3H3. The smallest absolute Gasteiger partial charge is 0.0619 e. The van der Waals surface area contributed by atoms with Crippen LogP contribution in [-0.2, 0) is 4.74 Å². The molecule has 0 amide bonds. The Morgan fingerprint density at radius 3 is 2.71 bits per heavy atom. The second kappa shape index (κ2) is 6.17. The largest absolute Gasteiger partial charge is 0.380 e. The maximum Gasteiger partial charge on any atom is 0.0619 e. The molecule has 2 rings (SSSR count). The van der Waals surface area contributed by atoms with Crippen LogP contribution in [0.3, 0.4) is 0 Å². The number of piperazine rings is 1. The van der Waals surface area contributed by atoms with Gasteiger partial charge in [-0.15, -0.1) is 0 Å². The summed E-state index contributed by atoms with van der Waals surface area (Å²) < 4.78 is 5.59. The summed E-state index contributed by atoms with van der Waals surface area (Å²) in [6.45, 7) is 10.8. The first-order valence-corrected chi connectivity index (χ1v) is 7.33. The Balaban J connectivity index is 1.88. The third-order valence-corrected chi connectivity index (χ3v) is 4.28. The molecule has 1 aliphatic heterocycles. The minimum atomic E-state index is 0.559. The third kappa shape index (κ3) is 3.43. The fourth-order valence-corrected chi connectivity index (χ4v) is 2.96. The number of hydrogen-bond donors (Lipinski definition) is 1. The molecular weight excluding hydrogens is 212 g/mol. The van der Waals surface area contributed by atoms with Gasteiger partial charge in [0, 0.05) is 37.8 Å². The van der Waals surface area contributed by atoms with Crippen LogP contribution >= 0.6 is 0 Å². The first kappa shape index (κ1) is 13.3. The van der Waals surface area contributed by atoms with Crippen molar-refractivity contribution in [1.29, 1.82) is 0 Å². The van der Waals surface area contributed by atoms with Gasteiger partial charge in [-0.2, -0.15) is 0 Å². The lowest BCUT2D eigenvalue weighted by Gasteiger charge is -2.43. The molecule has 1 saturated heterocycles. The average molecular weight is 240 g/mol. The molecule has 3 nitrogen and oxygen atoms in total. The molecule has 0 aromatic heterocycles. The molecule has 3 unspecified atom stereocenters. The van der Waals surface area contributed by atoms with Gasteiger partial charge in [0.25, 0.3) is 0 Å². The topological polar surface area (TPSA) is 24.5 Å². The van der Waals surface area contributed by atoms with Crippen LogP contribution in [0.15, 0.2) is 0 Å². The summed E-state index contributed by atoms with van der Waals surface area (Å²) in [4.78, 5) is 2.68. The summed E-state index contributed by atoms with van der Waals surface area (Å²) in [5.41, 5.74) is 0. The van der Waals surface area contributed by atoms with Crippen molar-refractivity contribution in [2.75, 3.05) is 26.3 Å². The molecule has 0 aromatic carbocycles. The molecule has 1 N–H and O–H groups in total. The van der Waals surface area contributed by atoms with Crippen molar-refractivity contribution in [3.8, 4) is 0 Å². The van der Waals surface area contributed by atoms with Crippen LogP contribution in [0.4, 0.5) is 0 Å². The maximum atomic E-state index is 5.59. The Morgan fingerprint density at radius 2 is 2.12 bits per heavy atom. The first-order chi connectivity index (χ1) is 8.26. The predicted octanol–water partition coefficient (Wildman–Crippen LogP) is 1.87. The van der Waals surface area contributed by atoms with Crippen molar-refractivity contribution in [1.82, 2.24) is 10.2 Å². The van der Waals surface area contributed by atoms with Gasteiger partial charge in [-0.3, -0.25) is 4.90 Å². The molecule has 0 bridgehead atoms. The van der Waals surface area contributed by atoms with E-state index in [0.29, 0.717) is 12.1 Å². The van der Waals surface area contributed by atoms with Gasteiger partial charge in [0.1, 0.15) is 0 Å². The minimum Gasteiger partial charge on any atom is -0.380 e. The van der Waals surface area contributed by atoms with Gasteiger partial charge in [-0.1, -0.05) is 6.92 Å². The van der Waals surface area contributed by atoms with Gasteiger partial charge in [0.05, 0.1) is 6.61 Å². The highest BCUT2D eigenvalue weighted by molar-refractivity contribution is 4.95. The summed E-state index contributed by atoms with van der Waals surface area (Å²) in [6.07, 6.45) is 4.10. The molecule has 100 valence electrons. The highest BCUT2D eigenvalue weighted by Crippen LogP contribution is 2.34. The zero-order chi connectivity index (χ0) is 12.3. The van der Waals surface area contributed by atoms with Crippen molar-refractivity contribution < 1.29 is 4.74 Å². The van der Waals surface area contributed by atoms with Crippen molar-refractivity contribution in [2.24, 2.45) is 5.92 Å². The number of nitrogens with zero attached hydrogens (tertiary/aromatic N) is 1. The van der Waals surface area contributed by atoms with E-state index in [4.69, 9.17) is 4.74 Å². The lowest BCUT2D eigenvalue weighted by Crippen LogP contribution is -2.60. The van der Waals surface area contributed by atoms with E-state index < -0.39 is 0 Å². The van der Waals surface area contributed by atoms with Crippen LogP contribution in [0.1, 0.15) is 40.0 Å². The molecule has 0 spiro atoms. The normalized spacial score (nSPS) is 32.6. The number of hydrogen-bond acceptors (Lipinski definition) is 3. The maximum absolute atomic E-state index is 5.59. The molecule has 1 saturated carbocycles. The Hall–Kier alpha value is -0.120. The van der Waals surface area contributed by atoms with Gasteiger partial charge in [0.2, 0.25) is 0 Å². The van der Waals surface area contributed by atoms with Crippen LogP contribution in [-0.4, -0.2) is 49.3 Å². The van der Waals surface area contributed by atoms with Crippen molar-refractivity contribution in [3.63, 3.8) is 0 Å². The van der Waals surface area contributed by atoms with E-state index in [0.717, 1.165) is 31.7 Å². The second-order valence-corrected chi connectivity index (χ2v) is 5.62. The Morgan fingerprint density at radius 1 is 1.35 bits per heavy atom. The lowest BCUT2D eigenvalue weighted by molar-refractivity contribution is 0.0244. The van der Waals surface area contributed by atoms with E-state index >= 15 is 0 Å². The van der Waals surface area contributed by atoms with E-state index in [1.54, 1.807) is 0 Å². The van der Waals surface area contributed by atoms with E-state index in [1.807, 2.05) is 0 Å². The quantitative estimate of drug-likeness (QED) is 0.767. The van der Waals surface area contributed by atoms with E-state index in [-0.39, 0.29) is 0 Å². The number of nitrogens with one attached hydrogen (secondary N) is 1. The highest BCUT2D eigenvalue weighted by Gasteiger charge is 2.37. The van der Waals surface area contributed by atoms with Gasteiger partial charge in [0.15, 0.2) is 0 Å².